The lowest BCUT2D eigenvalue weighted by atomic mass is 10.1. The van der Waals surface area contributed by atoms with Crippen molar-refractivity contribution in [1.29, 1.82) is 0 Å². The van der Waals surface area contributed by atoms with Gasteiger partial charge in [0.05, 0.1) is 13.7 Å². The summed E-state index contributed by atoms with van der Waals surface area (Å²) in [5, 5.41) is 3.47. The van der Waals surface area contributed by atoms with Gasteiger partial charge in [-0.15, -0.1) is 0 Å². The molecule has 0 amide bonds. The summed E-state index contributed by atoms with van der Waals surface area (Å²) in [4.78, 5) is 2.15. The van der Waals surface area contributed by atoms with Crippen LogP contribution in [0.1, 0.15) is 32.8 Å². The molecule has 0 aliphatic heterocycles. The smallest absolute Gasteiger partial charge is 0.161 e. The van der Waals surface area contributed by atoms with Gasteiger partial charge in [0.2, 0.25) is 0 Å². The Labute approximate surface area is 129 Å². The van der Waals surface area contributed by atoms with Crippen molar-refractivity contribution in [2.75, 3.05) is 34.4 Å². The molecule has 0 heterocycles. The molecule has 0 spiro atoms. The fourth-order valence-corrected chi connectivity index (χ4v) is 1.87. The first-order valence-corrected chi connectivity index (χ1v) is 7.51. The molecule has 0 saturated heterocycles. The summed E-state index contributed by atoms with van der Waals surface area (Å²) in [6.45, 7) is 9.02. The van der Waals surface area contributed by atoms with E-state index < -0.39 is 0 Å². The topological polar surface area (TPSA) is 33.7 Å². The molecule has 0 fully saturated rings. The maximum atomic E-state index is 5.81. The van der Waals surface area contributed by atoms with E-state index in [0.29, 0.717) is 6.61 Å². The molecule has 4 nitrogen and oxygen atoms in total. The second-order valence-electron chi connectivity index (χ2n) is 6.59. The molecular weight excluding hydrogens is 264 g/mol. The quantitative estimate of drug-likeness (QED) is 0.748. The highest BCUT2D eigenvalue weighted by Gasteiger charge is 2.10. The molecule has 21 heavy (non-hydrogen) atoms. The lowest BCUT2D eigenvalue weighted by Crippen LogP contribution is -2.35. The summed E-state index contributed by atoms with van der Waals surface area (Å²) in [5.74, 6) is 1.61. The molecule has 1 rings (SSSR count). The van der Waals surface area contributed by atoms with E-state index in [1.54, 1.807) is 7.11 Å². The maximum Gasteiger partial charge on any atom is 0.161 e. The zero-order valence-corrected chi connectivity index (χ0v) is 14.3. The van der Waals surface area contributed by atoms with Crippen molar-refractivity contribution in [3.05, 3.63) is 23.8 Å². The van der Waals surface area contributed by atoms with E-state index in [-0.39, 0.29) is 5.54 Å². The van der Waals surface area contributed by atoms with E-state index >= 15 is 0 Å². The lowest BCUT2D eigenvalue weighted by molar-refractivity contribution is 0.268. The van der Waals surface area contributed by atoms with E-state index in [2.05, 4.69) is 51.1 Å². The van der Waals surface area contributed by atoms with Crippen molar-refractivity contribution in [3.63, 3.8) is 0 Å². The van der Waals surface area contributed by atoms with E-state index in [1.807, 2.05) is 12.1 Å². The van der Waals surface area contributed by atoms with Crippen LogP contribution in [0.15, 0.2) is 18.2 Å². The first-order valence-electron chi connectivity index (χ1n) is 7.51. The molecular formula is C17H30N2O2. The summed E-state index contributed by atoms with van der Waals surface area (Å²) in [7, 11) is 5.82. The van der Waals surface area contributed by atoms with Gasteiger partial charge in [-0.05, 0) is 59.0 Å². The number of benzene rings is 1. The van der Waals surface area contributed by atoms with Crippen molar-refractivity contribution in [2.45, 2.75) is 39.3 Å². The monoisotopic (exact) mass is 294 g/mol. The molecule has 120 valence electrons. The van der Waals surface area contributed by atoms with Crippen LogP contribution in [0.5, 0.6) is 11.5 Å². The van der Waals surface area contributed by atoms with Gasteiger partial charge in [-0.25, -0.2) is 0 Å². The standard InChI is InChI=1S/C17H30N2O2/c1-17(2,3)18-13-14-8-9-15(16(12-14)20-6)21-11-7-10-19(4)5/h8-9,12,18H,7,10-11,13H2,1-6H3. The van der Waals surface area contributed by atoms with Crippen molar-refractivity contribution in [1.82, 2.24) is 10.2 Å². The van der Waals surface area contributed by atoms with Crippen molar-refractivity contribution < 1.29 is 9.47 Å². The molecule has 1 aromatic rings. The third kappa shape index (κ3) is 7.34. The molecule has 0 saturated carbocycles. The van der Waals surface area contributed by atoms with Crippen molar-refractivity contribution in [3.8, 4) is 11.5 Å². The Balaban J connectivity index is 2.57. The first-order chi connectivity index (χ1) is 9.81. The van der Waals surface area contributed by atoms with Gasteiger partial charge in [0, 0.05) is 18.6 Å². The first kappa shape index (κ1) is 17.8. The third-order valence-electron chi connectivity index (χ3n) is 3.06. The van der Waals surface area contributed by atoms with Crippen LogP contribution >= 0.6 is 0 Å². The Hall–Kier alpha value is -1.26. The lowest BCUT2D eigenvalue weighted by Gasteiger charge is -2.21. The molecule has 0 atom stereocenters. The van der Waals surface area contributed by atoms with Gasteiger partial charge in [-0.1, -0.05) is 6.07 Å². The zero-order chi connectivity index (χ0) is 15.9. The number of hydrogen-bond acceptors (Lipinski definition) is 4. The van der Waals surface area contributed by atoms with Gasteiger partial charge < -0.3 is 19.7 Å². The molecule has 4 heteroatoms. The summed E-state index contributed by atoms with van der Waals surface area (Å²) in [5.41, 5.74) is 1.30. The normalized spacial score (nSPS) is 11.8. The zero-order valence-electron chi connectivity index (χ0n) is 14.3. The summed E-state index contributed by atoms with van der Waals surface area (Å²) < 4.78 is 11.2. The molecule has 0 bridgehead atoms. The Kier molecular flexibility index (Phi) is 6.99. The Bertz CT molecular complexity index is 425. The minimum Gasteiger partial charge on any atom is -0.493 e. The Morgan fingerprint density at radius 3 is 2.43 bits per heavy atom. The molecule has 0 aliphatic carbocycles. The second-order valence-corrected chi connectivity index (χ2v) is 6.59. The highest BCUT2D eigenvalue weighted by atomic mass is 16.5. The van der Waals surface area contributed by atoms with Crippen LogP contribution < -0.4 is 14.8 Å². The van der Waals surface area contributed by atoms with E-state index in [0.717, 1.165) is 31.0 Å². The predicted molar refractivity (Wildman–Crippen MR) is 88.3 cm³/mol. The van der Waals surface area contributed by atoms with Gasteiger partial charge >= 0.3 is 0 Å². The van der Waals surface area contributed by atoms with E-state index in [1.165, 1.54) is 5.56 Å². The fourth-order valence-electron chi connectivity index (χ4n) is 1.87. The van der Waals surface area contributed by atoms with Crippen molar-refractivity contribution >= 4 is 0 Å². The minimum absolute atomic E-state index is 0.106. The van der Waals surface area contributed by atoms with Crippen LogP contribution in [-0.2, 0) is 6.54 Å². The van der Waals surface area contributed by atoms with Crippen LogP contribution in [0.3, 0.4) is 0 Å². The van der Waals surface area contributed by atoms with Gasteiger partial charge in [0.1, 0.15) is 0 Å². The molecule has 0 unspecified atom stereocenters. The summed E-state index contributed by atoms with van der Waals surface area (Å²) >= 11 is 0. The third-order valence-corrected chi connectivity index (χ3v) is 3.06. The highest BCUT2D eigenvalue weighted by molar-refractivity contribution is 5.43. The van der Waals surface area contributed by atoms with Gasteiger partial charge in [0.25, 0.3) is 0 Å². The van der Waals surface area contributed by atoms with Crippen molar-refractivity contribution in [2.24, 2.45) is 0 Å². The summed E-state index contributed by atoms with van der Waals surface area (Å²) in [6.07, 6.45) is 1.00. The van der Waals surface area contributed by atoms with Crippen LogP contribution in [0.25, 0.3) is 0 Å². The van der Waals surface area contributed by atoms with Crippen LogP contribution in [0.4, 0.5) is 0 Å². The second kappa shape index (κ2) is 8.25. The minimum atomic E-state index is 0.106. The molecule has 0 radical (unpaired) electrons. The average Bonchev–Trinajstić information content (AvgIpc) is 2.40. The largest absolute Gasteiger partial charge is 0.493 e. The number of rotatable bonds is 8. The van der Waals surface area contributed by atoms with Gasteiger partial charge in [-0.3, -0.25) is 0 Å². The Morgan fingerprint density at radius 1 is 1.14 bits per heavy atom. The number of hydrogen-bond donors (Lipinski definition) is 1. The number of nitrogens with zero attached hydrogens (tertiary/aromatic N) is 1. The van der Waals surface area contributed by atoms with Gasteiger partial charge in [-0.2, -0.15) is 0 Å². The number of methoxy groups -OCH3 is 1. The number of nitrogens with one attached hydrogen (secondary N) is 1. The van der Waals surface area contributed by atoms with Gasteiger partial charge in [0.15, 0.2) is 11.5 Å². The summed E-state index contributed by atoms with van der Waals surface area (Å²) in [6, 6.07) is 6.12. The maximum absolute atomic E-state index is 5.81. The molecule has 1 aromatic carbocycles. The van der Waals surface area contributed by atoms with Crippen LogP contribution in [-0.4, -0.2) is 44.8 Å². The molecule has 1 N–H and O–H groups in total. The fraction of sp³-hybridized carbons (Fsp3) is 0.647. The number of ether oxygens (including phenoxy) is 2. The average molecular weight is 294 g/mol. The van der Waals surface area contributed by atoms with E-state index in [9.17, 15) is 0 Å². The highest BCUT2D eigenvalue weighted by Crippen LogP contribution is 2.28. The Morgan fingerprint density at radius 2 is 1.86 bits per heavy atom. The van der Waals surface area contributed by atoms with Crippen LogP contribution in [0, 0.1) is 0 Å². The van der Waals surface area contributed by atoms with Crippen LogP contribution in [0.2, 0.25) is 0 Å². The van der Waals surface area contributed by atoms with E-state index in [4.69, 9.17) is 9.47 Å². The predicted octanol–water partition coefficient (Wildman–Crippen LogP) is 2.91. The molecule has 0 aromatic heterocycles. The SMILES string of the molecule is COc1cc(CNC(C)(C)C)ccc1OCCCN(C)C. The molecule has 0 aliphatic rings.